The maximum absolute atomic E-state index is 8.82. The van der Waals surface area contributed by atoms with Gasteiger partial charge < -0.3 is 20.4 Å². The highest BCUT2D eigenvalue weighted by Gasteiger charge is 2.41. The zero-order valence-corrected chi connectivity index (χ0v) is 13.2. The number of nitrogens with two attached hydrogens (primary N) is 1. The third-order valence-corrected chi connectivity index (χ3v) is 5.92. The Balaban J connectivity index is 1.63. The van der Waals surface area contributed by atoms with Crippen LogP contribution in [-0.4, -0.2) is 71.5 Å². The highest BCUT2D eigenvalue weighted by molar-refractivity contribution is 7.99. The average Bonchev–Trinajstić information content (AvgIpc) is 2.55. The topological polar surface area (TPSA) is 80.3 Å². The van der Waals surface area contributed by atoms with Crippen LogP contribution < -0.4 is 5.73 Å². The van der Waals surface area contributed by atoms with Crippen LogP contribution in [0.25, 0.3) is 0 Å². The minimum Gasteiger partial charge on any atom is -0.409 e. The summed E-state index contributed by atoms with van der Waals surface area (Å²) in [7, 11) is 0. The van der Waals surface area contributed by atoms with Gasteiger partial charge in [-0.15, -0.1) is 0 Å². The van der Waals surface area contributed by atoms with Gasteiger partial charge in [0, 0.05) is 25.7 Å². The van der Waals surface area contributed by atoms with E-state index >= 15 is 0 Å². The second-order valence-electron chi connectivity index (χ2n) is 6.17. The van der Waals surface area contributed by atoms with Gasteiger partial charge in [0.15, 0.2) is 5.84 Å². The lowest BCUT2D eigenvalue weighted by Gasteiger charge is -2.47. The van der Waals surface area contributed by atoms with Gasteiger partial charge in [0.25, 0.3) is 0 Å². The fourth-order valence-corrected chi connectivity index (χ4v) is 4.89. The van der Waals surface area contributed by atoms with Crippen molar-refractivity contribution in [1.82, 2.24) is 4.90 Å². The smallest absolute Gasteiger partial charge is 0.169 e. The number of hydrogen-bond acceptors (Lipinski definition) is 6. The Morgan fingerprint density at radius 3 is 2.90 bits per heavy atom. The van der Waals surface area contributed by atoms with Gasteiger partial charge in [0.2, 0.25) is 0 Å². The molecule has 3 aliphatic heterocycles. The molecule has 0 bridgehead atoms. The Hall–Kier alpha value is -0.500. The van der Waals surface area contributed by atoms with E-state index in [1.165, 1.54) is 24.3 Å². The van der Waals surface area contributed by atoms with E-state index < -0.39 is 0 Å². The second kappa shape index (κ2) is 6.73. The fraction of sp³-hybridized carbons (Fsp3) is 0.929. The number of nitrogens with zero attached hydrogens (tertiary/aromatic N) is 2. The van der Waals surface area contributed by atoms with Crippen molar-refractivity contribution in [3.8, 4) is 0 Å². The Kier molecular flexibility index (Phi) is 4.93. The molecule has 6 nitrogen and oxygen atoms in total. The molecular formula is C14H25N3O3S. The summed E-state index contributed by atoms with van der Waals surface area (Å²) in [6.07, 6.45) is 4.22. The molecule has 2 atom stereocenters. The van der Waals surface area contributed by atoms with Gasteiger partial charge in [0.05, 0.1) is 12.2 Å². The molecule has 3 rings (SSSR count). The maximum atomic E-state index is 8.82. The van der Waals surface area contributed by atoms with E-state index in [0.29, 0.717) is 19.2 Å². The van der Waals surface area contributed by atoms with Crippen molar-refractivity contribution in [2.45, 2.75) is 43.4 Å². The van der Waals surface area contributed by atoms with E-state index in [2.05, 4.69) is 10.1 Å². The van der Waals surface area contributed by atoms with Crippen LogP contribution in [0.5, 0.6) is 0 Å². The molecule has 2 unspecified atom stereocenters. The summed E-state index contributed by atoms with van der Waals surface area (Å²) >= 11 is 2.03. The minimum absolute atomic E-state index is 0.0958. The van der Waals surface area contributed by atoms with Crippen LogP contribution in [0.3, 0.4) is 0 Å². The summed E-state index contributed by atoms with van der Waals surface area (Å²) in [5.41, 5.74) is 5.79. The van der Waals surface area contributed by atoms with Gasteiger partial charge in [-0.2, -0.15) is 11.8 Å². The Morgan fingerprint density at radius 2 is 2.14 bits per heavy atom. The number of amidine groups is 1. The number of rotatable bonds is 2. The van der Waals surface area contributed by atoms with Gasteiger partial charge in [-0.1, -0.05) is 5.16 Å². The van der Waals surface area contributed by atoms with Gasteiger partial charge in [0.1, 0.15) is 6.10 Å². The van der Waals surface area contributed by atoms with Gasteiger partial charge in [-0.25, -0.2) is 0 Å². The zero-order valence-electron chi connectivity index (χ0n) is 12.4. The lowest BCUT2D eigenvalue weighted by molar-refractivity contribution is -0.122. The molecule has 3 saturated heterocycles. The third-order valence-electron chi connectivity index (χ3n) is 4.93. The first-order valence-corrected chi connectivity index (χ1v) is 8.93. The quantitative estimate of drug-likeness (QED) is 0.341. The minimum atomic E-state index is -0.288. The van der Waals surface area contributed by atoms with Crippen LogP contribution in [0.1, 0.15) is 25.7 Å². The van der Waals surface area contributed by atoms with E-state index in [0.717, 1.165) is 26.0 Å². The van der Waals surface area contributed by atoms with Crippen LogP contribution in [0.2, 0.25) is 0 Å². The van der Waals surface area contributed by atoms with Crippen molar-refractivity contribution in [1.29, 1.82) is 0 Å². The van der Waals surface area contributed by atoms with Gasteiger partial charge in [-0.05, 0) is 37.2 Å². The van der Waals surface area contributed by atoms with E-state index in [9.17, 15) is 0 Å². The number of morpholine rings is 1. The summed E-state index contributed by atoms with van der Waals surface area (Å²) in [4.78, 5) is 2.44. The Bertz CT molecular complexity index is 382. The van der Waals surface area contributed by atoms with Crippen LogP contribution in [0.4, 0.5) is 0 Å². The number of oxime groups is 1. The molecule has 3 heterocycles. The molecule has 0 aliphatic carbocycles. The lowest BCUT2D eigenvalue weighted by Crippen LogP contribution is -2.56. The fourth-order valence-electron chi connectivity index (χ4n) is 3.65. The molecule has 3 aliphatic rings. The van der Waals surface area contributed by atoms with Crippen LogP contribution in [-0.2, 0) is 9.47 Å². The first-order valence-electron chi connectivity index (χ1n) is 7.77. The van der Waals surface area contributed by atoms with E-state index in [-0.39, 0.29) is 17.5 Å². The molecule has 0 aromatic rings. The molecule has 0 saturated carbocycles. The molecule has 3 N–H and O–H groups in total. The van der Waals surface area contributed by atoms with Crippen LogP contribution in [0, 0.1) is 0 Å². The first kappa shape index (κ1) is 15.4. The van der Waals surface area contributed by atoms with Gasteiger partial charge >= 0.3 is 0 Å². The predicted molar refractivity (Wildman–Crippen MR) is 83.0 cm³/mol. The van der Waals surface area contributed by atoms with Crippen molar-refractivity contribution >= 4 is 17.6 Å². The molecular weight excluding hydrogens is 290 g/mol. The predicted octanol–water partition coefficient (Wildman–Crippen LogP) is 0.878. The van der Waals surface area contributed by atoms with Crippen molar-refractivity contribution in [2.75, 3.05) is 37.8 Å². The van der Waals surface area contributed by atoms with Crippen molar-refractivity contribution in [3.63, 3.8) is 0 Å². The average molecular weight is 315 g/mol. The van der Waals surface area contributed by atoms with Crippen LogP contribution >= 0.6 is 11.8 Å². The van der Waals surface area contributed by atoms with Crippen LogP contribution in [0.15, 0.2) is 5.16 Å². The van der Waals surface area contributed by atoms with Crippen molar-refractivity contribution in [2.24, 2.45) is 10.9 Å². The molecule has 7 heteroatoms. The van der Waals surface area contributed by atoms with Crippen molar-refractivity contribution < 1.29 is 14.7 Å². The highest BCUT2D eigenvalue weighted by atomic mass is 32.2. The second-order valence-corrected chi connectivity index (χ2v) is 7.39. The summed E-state index contributed by atoms with van der Waals surface area (Å²) in [6.45, 7) is 3.12. The van der Waals surface area contributed by atoms with E-state index in [4.69, 9.17) is 20.4 Å². The number of thioether (sulfide) groups is 1. The molecule has 0 aromatic heterocycles. The maximum Gasteiger partial charge on any atom is 0.169 e. The van der Waals surface area contributed by atoms with Crippen molar-refractivity contribution in [3.05, 3.63) is 0 Å². The summed E-state index contributed by atoms with van der Waals surface area (Å²) in [5, 5.41) is 11.9. The highest BCUT2D eigenvalue weighted by Crippen LogP contribution is 2.39. The molecule has 21 heavy (non-hydrogen) atoms. The monoisotopic (exact) mass is 315 g/mol. The Morgan fingerprint density at radius 1 is 1.33 bits per heavy atom. The van der Waals surface area contributed by atoms with E-state index in [1.54, 1.807) is 0 Å². The molecule has 1 spiro atoms. The standard InChI is InChI=1S/C14H25N3O3S/c15-13(16-18)12-10-17(4-6-19-12)11-1-5-20-14(9-11)2-7-21-8-3-14/h11-12,18H,1-10H2,(H2,15,16). The van der Waals surface area contributed by atoms with E-state index in [1.807, 2.05) is 11.8 Å². The molecule has 3 fully saturated rings. The van der Waals surface area contributed by atoms with Gasteiger partial charge in [-0.3, -0.25) is 4.90 Å². The third kappa shape index (κ3) is 3.47. The summed E-state index contributed by atoms with van der Waals surface area (Å²) in [5.74, 6) is 2.60. The molecule has 0 amide bonds. The number of ether oxygens (including phenoxy) is 2. The SMILES string of the molecule is NC(=NO)C1CN(C2CCOC3(CCSCC3)C2)CCO1. The summed E-state index contributed by atoms with van der Waals surface area (Å²) < 4.78 is 11.8. The molecule has 0 aromatic carbocycles. The first-order chi connectivity index (χ1) is 10.2. The normalized spacial score (nSPS) is 35.0. The molecule has 120 valence electrons. The summed E-state index contributed by atoms with van der Waals surface area (Å²) in [6, 6.07) is 0.528. The lowest BCUT2D eigenvalue weighted by atomic mass is 9.84. The largest absolute Gasteiger partial charge is 0.409 e. The number of hydrogen-bond donors (Lipinski definition) is 2. The molecule has 0 radical (unpaired) electrons. The zero-order chi connectivity index (χ0) is 14.7. The Labute approximate surface area is 130 Å².